The van der Waals surface area contributed by atoms with Crippen LogP contribution in [0.3, 0.4) is 0 Å². The van der Waals surface area contributed by atoms with Gasteiger partial charge in [-0.1, -0.05) is 24.6 Å². The number of fused-ring (bicyclic) bond motifs is 6. The van der Waals surface area contributed by atoms with Gasteiger partial charge in [-0.25, -0.2) is 0 Å². The Morgan fingerprint density at radius 3 is 3.00 bits per heavy atom. The largest absolute Gasteiger partial charge is 0.469 e. The molecule has 1 saturated carbocycles. The normalized spacial score (nSPS) is 39.4. The summed E-state index contributed by atoms with van der Waals surface area (Å²) in [7, 11) is 1.55. The SMILES string of the molecule is COC(=O)[C@H]1CCC[C@H]2CN3CCC4c5ccccc5NC4[C@@H]3C[C@@H]21. The molecule has 25 heavy (non-hydrogen) atoms. The first-order chi connectivity index (χ1) is 12.3. The summed E-state index contributed by atoms with van der Waals surface area (Å²) >= 11 is 0. The van der Waals surface area contributed by atoms with Crippen LogP contribution in [-0.4, -0.2) is 43.2 Å². The molecule has 0 spiro atoms. The molecule has 134 valence electrons. The summed E-state index contributed by atoms with van der Waals surface area (Å²) in [4.78, 5) is 15.1. The number of nitrogens with one attached hydrogen (secondary N) is 1. The monoisotopic (exact) mass is 340 g/mol. The maximum atomic E-state index is 12.3. The first-order valence-corrected chi connectivity index (χ1v) is 9.93. The Hall–Kier alpha value is -1.55. The molecule has 1 aliphatic carbocycles. The van der Waals surface area contributed by atoms with Crippen molar-refractivity contribution in [3.05, 3.63) is 29.8 Å². The van der Waals surface area contributed by atoms with Crippen molar-refractivity contribution < 1.29 is 9.53 Å². The predicted molar refractivity (Wildman–Crippen MR) is 97.5 cm³/mol. The van der Waals surface area contributed by atoms with Crippen LogP contribution in [0.2, 0.25) is 0 Å². The first kappa shape index (κ1) is 15.7. The molecule has 0 amide bonds. The number of para-hydroxylation sites is 1. The number of methoxy groups -OCH3 is 1. The molecule has 1 N–H and O–H groups in total. The Bertz CT molecular complexity index is 676. The molecule has 3 fully saturated rings. The van der Waals surface area contributed by atoms with Gasteiger partial charge in [0.05, 0.1) is 13.0 Å². The minimum atomic E-state index is 0.0261. The van der Waals surface area contributed by atoms with E-state index in [0.29, 0.717) is 29.8 Å². The summed E-state index contributed by atoms with van der Waals surface area (Å²) in [6.45, 7) is 2.37. The number of anilines is 1. The number of hydrogen-bond donors (Lipinski definition) is 1. The van der Waals surface area contributed by atoms with E-state index in [4.69, 9.17) is 4.74 Å². The predicted octanol–water partition coefficient (Wildman–Crippen LogP) is 3.25. The number of piperidine rings is 2. The summed E-state index contributed by atoms with van der Waals surface area (Å²) in [6, 6.07) is 9.88. The topological polar surface area (TPSA) is 41.6 Å². The zero-order valence-electron chi connectivity index (χ0n) is 15.0. The quantitative estimate of drug-likeness (QED) is 0.797. The molecule has 6 atom stereocenters. The number of benzene rings is 1. The van der Waals surface area contributed by atoms with Gasteiger partial charge in [0.25, 0.3) is 0 Å². The molecule has 0 bridgehead atoms. The summed E-state index contributed by atoms with van der Waals surface area (Å²) < 4.78 is 5.14. The van der Waals surface area contributed by atoms with Gasteiger partial charge in [0.15, 0.2) is 0 Å². The van der Waals surface area contributed by atoms with Crippen molar-refractivity contribution in [3.8, 4) is 0 Å². The van der Waals surface area contributed by atoms with Crippen molar-refractivity contribution >= 4 is 11.7 Å². The highest BCUT2D eigenvalue weighted by Gasteiger charge is 2.50. The maximum Gasteiger partial charge on any atom is 0.308 e. The Morgan fingerprint density at radius 1 is 1.24 bits per heavy atom. The maximum absolute atomic E-state index is 12.3. The number of hydrogen-bond acceptors (Lipinski definition) is 4. The highest BCUT2D eigenvalue weighted by molar-refractivity contribution is 5.73. The van der Waals surface area contributed by atoms with Crippen LogP contribution in [0.15, 0.2) is 24.3 Å². The Balaban J connectivity index is 1.41. The molecule has 3 heterocycles. The number of carbonyl (C=O) groups is 1. The van der Waals surface area contributed by atoms with E-state index in [2.05, 4.69) is 34.5 Å². The number of nitrogens with zero attached hydrogens (tertiary/aromatic N) is 1. The molecule has 3 aliphatic heterocycles. The van der Waals surface area contributed by atoms with Crippen LogP contribution in [-0.2, 0) is 9.53 Å². The third kappa shape index (κ3) is 2.41. The number of esters is 1. The fraction of sp³-hybridized carbons (Fsp3) is 0.667. The Morgan fingerprint density at radius 2 is 2.12 bits per heavy atom. The second kappa shape index (κ2) is 6.01. The van der Waals surface area contributed by atoms with Gasteiger partial charge in [-0.3, -0.25) is 9.69 Å². The van der Waals surface area contributed by atoms with Crippen LogP contribution in [0.5, 0.6) is 0 Å². The molecule has 2 unspecified atom stereocenters. The minimum absolute atomic E-state index is 0.0261. The van der Waals surface area contributed by atoms with E-state index in [1.54, 1.807) is 7.11 Å². The summed E-state index contributed by atoms with van der Waals surface area (Å²) in [5.74, 6) is 1.96. The zero-order chi connectivity index (χ0) is 17.0. The number of ether oxygens (including phenoxy) is 1. The second-order valence-electron chi connectivity index (χ2n) is 8.44. The number of carbonyl (C=O) groups excluding carboxylic acids is 1. The third-order valence-corrected chi connectivity index (χ3v) is 7.43. The van der Waals surface area contributed by atoms with E-state index in [1.807, 2.05) is 0 Å². The second-order valence-corrected chi connectivity index (χ2v) is 8.44. The van der Waals surface area contributed by atoms with Crippen LogP contribution in [0.4, 0.5) is 5.69 Å². The lowest BCUT2D eigenvalue weighted by Gasteiger charge is -2.53. The number of rotatable bonds is 1. The highest BCUT2D eigenvalue weighted by Crippen LogP contribution is 2.49. The van der Waals surface area contributed by atoms with Crippen LogP contribution >= 0.6 is 0 Å². The molecule has 4 nitrogen and oxygen atoms in total. The molecule has 5 rings (SSSR count). The van der Waals surface area contributed by atoms with Crippen molar-refractivity contribution in [1.82, 2.24) is 4.90 Å². The summed E-state index contributed by atoms with van der Waals surface area (Å²) in [6.07, 6.45) is 5.87. The van der Waals surface area contributed by atoms with Gasteiger partial charge in [-0.05, 0) is 55.7 Å². The van der Waals surface area contributed by atoms with Gasteiger partial charge in [-0.2, -0.15) is 0 Å². The van der Waals surface area contributed by atoms with Crippen molar-refractivity contribution in [2.45, 2.75) is 50.1 Å². The lowest BCUT2D eigenvalue weighted by Crippen LogP contribution is -2.60. The van der Waals surface area contributed by atoms with Gasteiger partial charge in [-0.15, -0.1) is 0 Å². The summed E-state index contributed by atoms with van der Waals surface area (Å²) in [5, 5.41) is 3.83. The average Bonchev–Trinajstić information content (AvgIpc) is 3.04. The molecule has 0 aromatic heterocycles. The van der Waals surface area contributed by atoms with Crippen molar-refractivity contribution in [1.29, 1.82) is 0 Å². The fourth-order valence-corrected chi connectivity index (χ4v) is 6.31. The van der Waals surface area contributed by atoms with Gasteiger partial charge in [0.1, 0.15) is 0 Å². The van der Waals surface area contributed by atoms with Crippen LogP contribution in [0, 0.1) is 17.8 Å². The van der Waals surface area contributed by atoms with E-state index in [1.165, 1.54) is 43.6 Å². The van der Waals surface area contributed by atoms with E-state index in [0.717, 1.165) is 12.8 Å². The standard InChI is InChI=1S/C21H28N2O2/c1-25-21(24)16-7-4-5-13-12-23-10-9-15-14-6-2-3-8-18(14)22-20(15)19(23)11-17(13)16/h2-3,6,8,13,15-17,19-20,22H,4-5,7,9-12H2,1H3/t13-,15?,16-,17-,19-,20?/m0/s1. The highest BCUT2D eigenvalue weighted by atomic mass is 16.5. The smallest absolute Gasteiger partial charge is 0.308 e. The molecule has 4 aliphatic rings. The first-order valence-electron chi connectivity index (χ1n) is 9.93. The average molecular weight is 340 g/mol. The van der Waals surface area contributed by atoms with Gasteiger partial charge in [0, 0.05) is 30.2 Å². The lowest BCUT2D eigenvalue weighted by molar-refractivity contribution is -0.152. The molecule has 0 radical (unpaired) electrons. The van der Waals surface area contributed by atoms with Crippen molar-refractivity contribution in [2.24, 2.45) is 17.8 Å². The van der Waals surface area contributed by atoms with Crippen LogP contribution in [0.1, 0.15) is 43.6 Å². The Kier molecular flexibility index (Phi) is 3.77. The molecular formula is C21H28N2O2. The van der Waals surface area contributed by atoms with E-state index < -0.39 is 0 Å². The third-order valence-electron chi connectivity index (χ3n) is 7.43. The molecule has 2 saturated heterocycles. The van der Waals surface area contributed by atoms with Crippen LogP contribution in [0.25, 0.3) is 0 Å². The fourth-order valence-electron chi connectivity index (χ4n) is 6.31. The summed E-state index contributed by atoms with van der Waals surface area (Å²) in [5.41, 5.74) is 2.83. The van der Waals surface area contributed by atoms with Crippen LogP contribution < -0.4 is 5.32 Å². The lowest BCUT2D eigenvalue weighted by atomic mass is 9.64. The van der Waals surface area contributed by atoms with Crippen molar-refractivity contribution in [3.63, 3.8) is 0 Å². The van der Waals surface area contributed by atoms with Gasteiger partial charge >= 0.3 is 5.97 Å². The molecule has 4 heteroatoms. The van der Waals surface area contributed by atoms with E-state index >= 15 is 0 Å². The Labute approximate surface area is 149 Å². The molecular weight excluding hydrogens is 312 g/mol. The van der Waals surface area contributed by atoms with Gasteiger partial charge in [0.2, 0.25) is 0 Å². The van der Waals surface area contributed by atoms with Gasteiger partial charge < -0.3 is 10.1 Å². The zero-order valence-corrected chi connectivity index (χ0v) is 15.0. The molecule has 1 aromatic carbocycles. The molecule has 1 aromatic rings. The van der Waals surface area contributed by atoms with E-state index in [-0.39, 0.29) is 11.9 Å². The minimum Gasteiger partial charge on any atom is -0.469 e. The van der Waals surface area contributed by atoms with Crippen molar-refractivity contribution in [2.75, 3.05) is 25.5 Å². The van der Waals surface area contributed by atoms with E-state index in [9.17, 15) is 4.79 Å².